The summed E-state index contributed by atoms with van der Waals surface area (Å²) in [6.07, 6.45) is 6.10. The Kier molecular flexibility index (Phi) is 5.51. The van der Waals surface area contributed by atoms with Crippen LogP contribution in [0.4, 0.5) is 0 Å². The van der Waals surface area contributed by atoms with Gasteiger partial charge in [-0.25, -0.2) is 4.79 Å². The highest BCUT2D eigenvalue weighted by Crippen LogP contribution is 2.26. The van der Waals surface area contributed by atoms with Crippen molar-refractivity contribution in [3.05, 3.63) is 11.6 Å². The summed E-state index contributed by atoms with van der Waals surface area (Å²) >= 11 is 0. The Morgan fingerprint density at radius 1 is 1.43 bits per heavy atom. The van der Waals surface area contributed by atoms with Gasteiger partial charge in [0.1, 0.15) is 0 Å². The van der Waals surface area contributed by atoms with Gasteiger partial charge in [-0.2, -0.15) is 0 Å². The topological polar surface area (TPSA) is 37.3 Å². The second kappa shape index (κ2) is 5.84. The van der Waals surface area contributed by atoms with Crippen molar-refractivity contribution in [1.29, 1.82) is 0 Å². The van der Waals surface area contributed by atoms with E-state index in [0.29, 0.717) is 11.0 Å². The summed E-state index contributed by atoms with van der Waals surface area (Å²) < 4.78 is 0. The number of aliphatic carboxylic acids is 1. The van der Waals surface area contributed by atoms with E-state index in [-0.39, 0.29) is 0 Å². The largest absolute Gasteiger partial charge is 0.478 e. The van der Waals surface area contributed by atoms with E-state index in [0.717, 1.165) is 19.3 Å². The molecule has 0 aliphatic heterocycles. The van der Waals surface area contributed by atoms with Crippen LogP contribution in [0.5, 0.6) is 0 Å². The third-order valence-electron chi connectivity index (χ3n) is 2.80. The zero-order valence-corrected chi connectivity index (χ0v) is 9.76. The van der Waals surface area contributed by atoms with Crippen LogP contribution in [0.1, 0.15) is 53.4 Å². The molecule has 0 rings (SSSR count). The van der Waals surface area contributed by atoms with Crippen molar-refractivity contribution in [3.63, 3.8) is 0 Å². The molecule has 0 saturated carbocycles. The molecule has 0 bridgehead atoms. The van der Waals surface area contributed by atoms with Crippen LogP contribution in [0, 0.1) is 5.41 Å². The van der Waals surface area contributed by atoms with Crippen molar-refractivity contribution < 1.29 is 9.90 Å². The molecule has 0 aromatic rings. The van der Waals surface area contributed by atoms with E-state index in [1.165, 1.54) is 6.42 Å². The van der Waals surface area contributed by atoms with Crippen LogP contribution in [0.15, 0.2) is 11.6 Å². The summed E-state index contributed by atoms with van der Waals surface area (Å²) in [5.41, 5.74) is 0.852. The molecule has 0 spiro atoms. The predicted octanol–water partition coefficient (Wildman–Crippen LogP) is 3.62. The molecule has 0 atom stereocenters. The fourth-order valence-electron chi connectivity index (χ4n) is 1.16. The van der Waals surface area contributed by atoms with E-state index in [1.54, 1.807) is 6.92 Å². The second-order valence-electron chi connectivity index (χ2n) is 4.60. The Morgan fingerprint density at radius 2 is 2.00 bits per heavy atom. The van der Waals surface area contributed by atoms with Crippen molar-refractivity contribution >= 4 is 5.97 Å². The van der Waals surface area contributed by atoms with Crippen LogP contribution in [0.3, 0.4) is 0 Å². The summed E-state index contributed by atoms with van der Waals surface area (Å²) in [5, 5.41) is 8.62. The van der Waals surface area contributed by atoms with E-state index in [1.807, 2.05) is 6.08 Å². The Balaban J connectivity index is 3.76. The van der Waals surface area contributed by atoms with Crippen molar-refractivity contribution in [3.8, 4) is 0 Å². The summed E-state index contributed by atoms with van der Waals surface area (Å²) in [6, 6.07) is 0. The molecule has 14 heavy (non-hydrogen) atoms. The van der Waals surface area contributed by atoms with Gasteiger partial charge in [-0.15, -0.1) is 0 Å². The maximum Gasteiger partial charge on any atom is 0.330 e. The van der Waals surface area contributed by atoms with Gasteiger partial charge in [0.15, 0.2) is 0 Å². The first-order valence-electron chi connectivity index (χ1n) is 5.29. The molecule has 0 aromatic carbocycles. The Bertz CT molecular complexity index is 214. The number of allylic oxidation sites excluding steroid dienone is 1. The molecule has 0 unspecified atom stereocenters. The first kappa shape index (κ1) is 13.2. The molecule has 0 heterocycles. The second-order valence-corrected chi connectivity index (χ2v) is 4.60. The van der Waals surface area contributed by atoms with E-state index in [9.17, 15) is 4.79 Å². The van der Waals surface area contributed by atoms with Crippen LogP contribution in [0.2, 0.25) is 0 Å². The lowest BCUT2D eigenvalue weighted by molar-refractivity contribution is -0.132. The highest BCUT2D eigenvalue weighted by atomic mass is 16.4. The van der Waals surface area contributed by atoms with Gasteiger partial charge in [-0.1, -0.05) is 33.3 Å². The number of carboxylic acid groups (broad SMARTS) is 1. The minimum Gasteiger partial charge on any atom is -0.478 e. The van der Waals surface area contributed by atoms with Crippen molar-refractivity contribution in [1.82, 2.24) is 0 Å². The minimum absolute atomic E-state index is 0.394. The molecular weight excluding hydrogens is 176 g/mol. The minimum atomic E-state index is -0.806. The van der Waals surface area contributed by atoms with Crippen molar-refractivity contribution in [2.24, 2.45) is 5.41 Å². The van der Waals surface area contributed by atoms with Gasteiger partial charge in [0.25, 0.3) is 0 Å². The fraction of sp³-hybridized carbons (Fsp3) is 0.750. The van der Waals surface area contributed by atoms with Crippen LogP contribution >= 0.6 is 0 Å². The molecule has 0 saturated heterocycles. The summed E-state index contributed by atoms with van der Waals surface area (Å²) in [5.74, 6) is -0.806. The van der Waals surface area contributed by atoms with Gasteiger partial charge in [0, 0.05) is 5.57 Å². The van der Waals surface area contributed by atoms with Gasteiger partial charge in [0.05, 0.1) is 0 Å². The number of carboxylic acids is 1. The van der Waals surface area contributed by atoms with E-state index >= 15 is 0 Å². The number of carbonyl (C=O) groups is 1. The number of hydrogen-bond acceptors (Lipinski definition) is 1. The van der Waals surface area contributed by atoms with Gasteiger partial charge in [-0.05, 0) is 31.6 Å². The highest BCUT2D eigenvalue weighted by Gasteiger charge is 2.13. The molecule has 2 heteroatoms. The molecule has 1 N–H and O–H groups in total. The van der Waals surface area contributed by atoms with Crippen LogP contribution in [0.25, 0.3) is 0 Å². The maximum atomic E-state index is 10.5. The normalized spacial score (nSPS) is 13.0. The zero-order chi connectivity index (χ0) is 11.2. The fourth-order valence-corrected chi connectivity index (χ4v) is 1.16. The lowest BCUT2D eigenvalue weighted by Crippen LogP contribution is -2.08. The standard InChI is InChI=1S/C12H22O2/c1-5-12(3,4)9-7-6-8-10(2)11(13)14/h8H,5-7,9H2,1-4H3,(H,13,14). The molecule has 0 aliphatic rings. The monoisotopic (exact) mass is 198 g/mol. The maximum absolute atomic E-state index is 10.5. The summed E-state index contributed by atoms with van der Waals surface area (Å²) in [4.78, 5) is 10.5. The highest BCUT2D eigenvalue weighted by molar-refractivity contribution is 5.85. The first-order valence-corrected chi connectivity index (χ1v) is 5.29. The van der Waals surface area contributed by atoms with E-state index in [4.69, 9.17) is 5.11 Å². The van der Waals surface area contributed by atoms with Crippen molar-refractivity contribution in [2.45, 2.75) is 53.4 Å². The molecule has 0 radical (unpaired) electrons. The van der Waals surface area contributed by atoms with Gasteiger partial charge in [-0.3, -0.25) is 0 Å². The number of unbranched alkanes of at least 4 members (excludes halogenated alkanes) is 1. The quantitative estimate of drug-likeness (QED) is 0.522. The SMILES string of the molecule is CCC(C)(C)CCCC=C(C)C(=O)O. The smallest absolute Gasteiger partial charge is 0.330 e. The lowest BCUT2D eigenvalue weighted by atomic mass is 9.84. The third kappa shape index (κ3) is 5.79. The number of hydrogen-bond donors (Lipinski definition) is 1. The van der Waals surface area contributed by atoms with Crippen LogP contribution < -0.4 is 0 Å². The lowest BCUT2D eigenvalue weighted by Gasteiger charge is -2.21. The van der Waals surface area contributed by atoms with Crippen LogP contribution in [-0.2, 0) is 4.79 Å². The Hall–Kier alpha value is -0.790. The van der Waals surface area contributed by atoms with Crippen molar-refractivity contribution in [2.75, 3.05) is 0 Å². The molecular formula is C12H22O2. The average molecular weight is 198 g/mol. The van der Waals surface area contributed by atoms with Crippen LogP contribution in [-0.4, -0.2) is 11.1 Å². The Labute approximate surface area is 87.0 Å². The first-order chi connectivity index (χ1) is 6.39. The molecule has 0 amide bonds. The van der Waals surface area contributed by atoms with E-state index in [2.05, 4.69) is 20.8 Å². The molecule has 2 nitrogen and oxygen atoms in total. The van der Waals surface area contributed by atoms with E-state index < -0.39 is 5.97 Å². The molecule has 82 valence electrons. The summed E-state index contributed by atoms with van der Waals surface area (Å²) in [7, 11) is 0. The predicted molar refractivity (Wildman–Crippen MR) is 59.3 cm³/mol. The third-order valence-corrected chi connectivity index (χ3v) is 2.80. The van der Waals surface area contributed by atoms with Gasteiger partial charge >= 0.3 is 5.97 Å². The average Bonchev–Trinajstić information content (AvgIpc) is 2.12. The number of rotatable bonds is 6. The zero-order valence-electron chi connectivity index (χ0n) is 9.76. The summed E-state index contributed by atoms with van der Waals surface area (Å²) in [6.45, 7) is 8.34. The molecule has 0 aliphatic carbocycles. The van der Waals surface area contributed by atoms with Gasteiger partial charge in [0.2, 0.25) is 0 Å². The molecule has 0 fully saturated rings. The molecule has 0 aromatic heterocycles. The Morgan fingerprint density at radius 3 is 2.43 bits per heavy atom. The van der Waals surface area contributed by atoms with Gasteiger partial charge < -0.3 is 5.11 Å².